The van der Waals surface area contributed by atoms with Crippen LogP contribution in [0.4, 0.5) is 10.1 Å². The number of benzene rings is 1. The van der Waals surface area contributed by atoms with Gasteiger partial charge in [0.2, 0.25) is 11.8 Å². The molecule has 0 radical (unpaired) electrons. The topological polar surface area (TPSA) is 55.9 Å². The Morgan fingerprint density at radius 1 is 1.16 bits per heavy atom. The second-order valence-electron chi connectivity index (χ2n) is 9.49. The Bertz CT molecular complexity index is 791. The van der Waals surface area contributed by atoms with E-state index in [2.05, 4.69) is 22.0 Å². The molecule has 6 nitrogen and oxygen atoms in total. The van der Waals surface area contributed by atoms with Crippen molar-refractivity contribution in [1.29, 1.82) is 0 Å². The highest BCUT2D eigenvalue weighted by molar-refractivity contribution is 5.86. The number of halogens is 1. The Labute approximate surface area is 184 Å². The lowest BCUT2D eigenvalue weighted by Crippen LogP contribution is -2.52. The van der Waals surface area contributed by atoms with Crippen LogP contribution in [0.15, 0.2) is 24.3 Å². The van der Waals surface area contributed by atoms with Gasteiger partial charge < -0.3 is 15.1 Å². The van der Waals surface area contributed by atoms with E-state index in [-0.39, 0.29) is 29.1 Å². The highest BCUT2D eigenvalue weighted by Gasteiger charge is 2.48. The predicted octanol–water partition coefficient (Wildman–Crippen LogP) is 2.63. The van der Waals surface area contributed by atoms with E-state index in [0.29, 0.717) is 25.6 Å². The van der Waals surface area contributed by atoms with Crippen LogP contribution in [-0.2, 0) is 9.59 Å². The smallest absolute Gasteiger partial charge is 0.226 e. The predicted molar refractivity (Wildman–Crippen MR) is 119 cm³/mol. The molecule has 1 spiro atoms. The van der Waals surface area contributed by atoms with E-state index in [1.165, 1.54) is 12.1 Å². The van der Waals surface area contributed by atoms with Gasteiger partial charge in [0.25, 0.3) is 0 Å². The van der Waals surface area contributed by atoms with Crippen molar-refractivity contribution in [2.24, 2.45) is 5.41 Å². The summed E-state index contributed by atoms with van der Waals surface area (Å²) in [5.74, 6) is 0.184. The molecule has 3 saturated heterocycles. The summed E-state index contributed by atoms with van der Waals surface area (Å²) in [4.78, 5) is 31.5. The van der Waals surface area contributed by atoms with Gasteiger partial charge >= 0.3 is 0 Å². The van der Waals surface area contributed by atoms with Gasteiger partial charge in [-0.05, 0) is 56.9 Å². The molecule has 3 aliphatic rings. The summed E-state index contributed by atoms with van der Waals surface area (Å²) in [5, 5.41) is 3.25. The van der Waals surface area contributed by atoms with Gasteiger partial charge in [-0.2, -0.15) is 0 Å². The summed E-state index contributed by atoms with van der Waals surface area (Å²) >= 11 is 0. The number of piperidine rings is 1. The van der Waals surface area contributed by atoms with E-state index in [4.69, 9.17) is 0 Å². The van der Waals surface area contributed by atoms with Crippen molar-refractivity contribution in [2.75, 3.05) is 44.2 Å². The molecule has 2 atom stereocenters. The molecular formula is C24H35FN4O2. The summed E-state index contributed by atoms with van der Waals surface area (Å²) in [6.45, 7) is 9.34. The van der Waals surface area contributed by atoms with Gasteiger partial charge in [-0.25, -0.2) is 4.39 Å². The van der Waals surface area contributed by atoms with E-state index in [0.717, 1.165) is 57.5 Å². The van der Waals surface area contributed by atoms with E-state index in [1.54, 1.807) is 0 Å². The van der Waals surface area contributed by atoms with Crippen molar-refractivity contribution in [3.8, 4) is 0 Å². The quantitative estimate of drug-likeness (QED) is 0.780. The van der Waals surface area contributed by atoms with Crippen LogP contribution in [0.5, 0.6) is 0 Å². The molecule has 3 aliphatic heterocycles. The van der Waals surface area contributed by atoms with Gasteiger partial charge in [-0.3, -0.25) is 14.5 Å². The molecule has 0 saturated carbocycles. The Kier molecular flexibility index (Phi) is 6.51. The van der Waals surface area contributed by atoms with Gasteiger partial charge in [0, 0.05) is 63.5 Å². The fourth-order valence-corrected chi connectivity index (χ4v) is 5.50. The molecule has 3 heterocycles. The number of piperazine rings is 1. The lowest BCUT2D eigenvalue weighted by molar-refractivity contribution is -0.138. The fraction of sp³-hybridized carbons (Fsp3) is 0.667. The number of carbonyl (C=O) groups is 2. The van der Waals surface area contributed by atoms with E-state index in [9.17, 15) is 14.0 Å². The lowest BCUT2D eigenvalue weighted by Gasteiger charge is -2.41. The molecule has 1 aromatic carbocycles. The molecule has 0 aliphatic carbocycles. The van der Waals surface area contributed by atoms with Gasteiger partial charge in [0.1, 0.15) is 5.82 Å². The van der Waals surface area contributed by atoms with Crippen LogP contribution < -0.4 is 10.2 Å². The molecule has 7 heteroatoms. The molecule has 1 aromatic rings. The summed E-state index contributed by atoms with van der Waals surface area (Å²) in [6, 6.07) is 7.38. The molecule has 0 bridgehead atoms. The van der Waals surface area contributed by atoms with Crippen molar-refractivity contribution in [1.82, 2.24) is 15.1 Å². The van der Waals surface area contributed by atoms with E-state index in [1.807, 2.05) is 24.0 Å². The summed E-state index contributed by atoms with van der Waals surface area (Å²) < 4.78 is 13.2. The number of amides is 2. The summed E-state index contributed by atoms with van der Waals surface area (Å²) in [6.07, 6.45) is 3.96. The first-order valence-corrected chi connectivity index (χ1v) is 11.7. The molecule has 3 fully saturated rings. The van der Waals surface area contributed by atoms with Crippen LogP contribution in [0.1, 0.15) is 46.0 Å². The number of rotatable bonds is 5. The number of likely N-dealkylation sites (tertiary alicyclic amines) is 1. The van der Waals surface area contributed by atoms with Gasteiger partial charge in [-0.1, -0.05) is 6.92 Å². The summed E-state index contributed by atoms with van der Waals surface area (Å²) in [7, 11) is 0. The Morgan fingerprint density at radius 2 is 1.87 bits per heavy atom. The monoisotopic (exact) mass is 430 g/mol. The van der Waals surface area contributed by atoms with Crippen molar-refractivity contribution >= 4 is 17.5 Å². The van der Waals surface area contributed by atoms with Gasteiger partial charge in [0.05, 0.1) is 5.41 Å². The van der Waals surface area contributed by atoms with E-state index >= 15 is 0 Å². The third-order valence-corrected chi connectivity index (χ3v) is 7.55. The van der Waals surface area contributed by atoms with Crippen molar-refractivity contribution < 1.29 is 14.0 Å². The zero-order chi connectivity index (χ0) is 22.0. The van der Waals surface area contributed by atoms with Gasteiger partial charge in [0.15, 0.2) is 0 Å². The maximum Gasteiger partial charge on any atom is 0.226 e. The van der Waals surface area contributed by atoms with Crippen LogP contribution in [0.2, 0.25) is 0 Å². The van der Waals surface area contributed by atoms with Gasteiger partial charge in [-0.15, -0.1) is 0 Å². The second-order valence-corrected chi connectivity index (χ2v) is 9.49. The van der Waals surface area contributed by atoms with Crippen LogP contribution in [0.3, 0.4) is 0 Å². The molecular weight excluding hydrogens is 395 g/mol. The number of carbonyl (C=O) groups excluding carboxylic acids is 2. The van der Waals surface area contributed by atoms with Crippen molar-refractivity contribution in [2.45, 2.75) is 58.0 Å². The highest BCUT2D eigenvalue weighted by atomic mass is 19.1. The fourth-order valence-electron chi connectivity index (χ4n) is 5.50. The molecule has 2 amide bonds. The second kappa shape index (κ2) is 9.15. The van der Waals surface area contributed by atoms with Crippen molar-refractivity contribution in [3.63, 3.8) is 0 Å². The number of anilines is 1. The lowest BCUT2D eigenvalue weighted by atomic mass is 9.75. The van der Waals surface area contributed by atoms with Crippen LogP contribution >= 0.6 is 0 Å². The molecule has 4 rings (SSSR count). The number of nitrogens with one attached hydrogen (secondary N) is 1. The molecule has 1 N–H and O–H groups in total. The van der Waals surface area contributed by atoms with Crippen molar-refractivity contribution in [3.05, 3.63) is 30.1 Å². The Morgan fingerprint density at radius 3 is 2.52 bits per heavy atom. The SMILES string of the molecule is CCC(=O)N1CCC2(CC1)C[C@H](CCN1CCN(c3ccc(F)cc3)C[C@@H]1C)NC2=O. The number of nitrogens with zero attached hydrogens (tertiary/aromatic N) is 3. The maximum absolute atomic E-state index is 13.2. The normalized spacial score (nSPS) is 26.4. The third kappa shape index (κ3) is 4.71. The number of hydrogen-bond acceptors (Lipinski definition) is 4. The summed E-state index contributed by atoms with van der Waals surface area (Å²) in [5.41, 5.74) is 0.799. The molecule has 0 aromatic heterocycles. The first kappa shape index (κ1) is 22.1. The standard InChI is InChI=1S/C24H35FN4O2/c1-3-22(30)28-12-9-24(10-13-28)16-20(26-23(24)31)8-11-27-14-15-29(17-18(27)2)21-6-4-19(25)5-7-21/h4-7,18,20H,3,8-17H2,1-2H3,(H,26,31)/t18-,20-/m0/s1. The van der Waals surface area contributed by atoms with Crippen LogP contribution in [-0.4, -0.2) is 73.0 Å². The minimum atomic E-state index is -0.276. The maximum atomic E-state index is 13.2. The zero-order valence-corrected chi connectivity index (χ0v) is 18.8. The Balaban J connectivity index is 1.25. The zero-order valence-electron chi connectivity index (χ0n) is 18.8. The molecule has 31 heavy (non-hydrogen) atoms. The van der Waals surface area contributed by atoms with Crippen LogP contribution in [0, 0.1) is 11.2 Å². The van der Waals surface area contributed by atoms with Crippen LogP contribution in [0.25, 0.3) is 0 Å². The average molecular weight is 431 g/mol. The highest BCUT2D eigenvalue weighted by Crippen LogP contribution is 2.41. The minimum Gasteiger partial charge on any atom is -0.369 e. The Hall–Kier alpha value is -2.15. The minimum absolute atomic E-state index is 0.190. The number of hydrogen-bond donors (Lipinski definition) is 1. The average Bonchev–Trinajstić information content (AvgIpc) is 3.08. The third-order valence-electron chi connectivity index (χ3n) is 7.55. The molecule has 0 unspecified atom stereocenters. The van der Waals surface area contributed by atoms with E-state index < -0.39 is 0 Å². The molecule has 170 valence electrons. The first-order valence-electron chi connectivity index (χ1n) is 11.7. The largest absolute Gasteiger partial charge is 0.369 e. The first-order chi connectivity index (χ1) is 14.9.